The van der Waals surface area contributed by atoms with Gasteiger partial charge in [0.15, 0.2) is 0 Å². The molecule has 0 aliphatic carbocycles. The van der Waals surface area contributed by atoms with Crippen LogP contribution in [-0.2, 0) is 23.5 Å². The Morgan fingerprint density at radius 3 is 0.727 bits per heavy atom. The van der Waals surface area contributed by atoms with Gasteiger partial charge >= 0.3 is 31.1 Å². The zero-order valence-corrected chi connectivity index (χ0v) is 24.4. The van der Waals surface area contributed by atoms with Gasteiger partial charge in [-0.15, -0.1) is 0 Å². The second-order valence-electron chi connectivity index (χ2n) is 9.19. The molecule has 33 heavy (non-hydrogen) atoms. The third-order valence-electron chi connectivity index (χ3n) is 5.71. The normalized spacial score (nSPS) is 10.8. The predicted octanol–water partition coefficient (Wildman–Crippen LogP) is 4.46. The monoisotopic (exact) mass is 562 g/mol. The first-order valence-corrected chi connectivity index (χ1v) is 17.4. The fourth-order valence-electron chi connectivity index (χ4n) is 3.68. The van der Waals surface area contributed by atoms with Gasteiger partial charge < -0.3 is 11.5 Å². The van der Waals surface area contributed by atoms with E-state index < -0.39 is 16.7 Å². The fraction of sp³-hybridized carbons (Fsp3) is 1.00. The minimum atomic E-state index is -6.02. The third-order valence-corrected chi connectivity index (χ3v) is 5.71. The number of rotatable bonds is 22. The maximum absolute atomic E-state index is 8.63. The van der Waals surface area contributed by atoms with Crippen LogP contribution >= 0.6 is 0 Å². The molecule has 0 aromatic heterocycles. The molecule has 0 fully saturated rings. The average molecular weight is 561 g/mol. The van der Waals surface area contributed by atoms with Crippen LogP contribution in [0.25, 0.3) is 0 Å². The van der Waals surface area contributed by atoms with Crippen molar-refractivity contribution < 1.29 is 42.5 Å². The summed E-state index contributed by atoms with van der Waals surface area (Å²) in [7, 11) is 0. The van der Waals surface area contributed by atoms with Crippen LogP contribution in [0.5, 0.6) is 0 Å². The van der Waals surface area contributed by atoms with Gasteiger partial charge in [0.25, 0.3) is 0 Å². The van der Waals surface area contributed by atoms with Crippen molar-refractivity contribution in [3.8, 4) is 0 Å². The molecule has 0 unspecified atom stereocenters. The van der Waals surface area contributed by atoms with Gasteiger partial charge in [-0.3, -0.25) is 0 Å². The third kappa shape index (κ3) is 59.6. The number of unbranched alkanes of at least 4 members (excludes halogenated alkanes) is 20. The van der Waals surface area contributed by atoms with Crippen LogP contribution in [0.1, 0.15) is 155 Å². The Kier molecular flexibility index (Phi) is 39.2. The quantitative estimate of drug-likeness (QED) is 0.149. The van der Waals surface area contributed by atoms with Gasteiger partial charge in [0.1, 0.15) is 0 Å². The molecule has 0 heterocycles. The zero-order valence-electron chi connectivity index (χ0n) is 22.4. The van der Waals surface area contributed by atoms with E-state index in [2.05, 4.69) is 25.3 Å². The first-order valence-electron chi connectivity index (χ1n) is 14.1. The van der Waals surface area contributed by atoms with E-state index >= 15 is 0 Å². The molecule has 0 aliphatic rings. The summed E-state index contributed by atoms with van der Waals surface area (Å²) >= 11 is -6.02. The van der Waals surface area contributed by atoms with Gasteiger partial charge in [-0.2, -0.15) is 0 Å². The molecule has 0 saturated carbocycles. The number of hydrogen-bond acceptors (Lipinski definition) is 4. The molecule has 7 heteroatoms. The Hall–Kier alpha value is 0.128. The average Bonchev–Trinajstić information content (AvgIpc) is 2.76. The summed E-state index contributed by atoms with van der Waals surface area (Å²) in [4.78, 5) is 0. The van der Waals surface area contributed by atoms with Gasteiger partial charge in [0.2, 0.25) is 0 Å². The van der Waals surface area contributed by atoms with Crippen LogP contribution in [0, 0.1) is 0 Å². The molecular formula is C26H60MoN2O4. The van der Waals surface area contributed by atoms with Crippen molar-refractivity contribution in [2.75, 3.05) is 13.1 Å². The number of quaternary nitrogens is 2. The Morgan fingerprint density at radius 1 is 0.424 bits per heavy atom. The molecule has 0 spiro atoms. The summed E-state index contributed by atoms with van der Waals surface area (Å²) in [6.45, 7) is 6.80. The summed E-state index contributed by atoms with van der Waals surface area (Å²) in [5.74, 6) is 0. The van der Waals surface area contributed by atoms with Crippen molar-refractivity contribution in [3.05, 3.63) is 0 Å². The van der Waals surface area contributed by atoms with Crippen LogP contribution in [-0.4, -0.2) is 13.1 Å². The molecule has 0 radical (unpaired) electrons. The van der Waals surface area contributed by atoms with Crippen molar-refractivity contribution in [1.82, 2.24) is 0 Å². The molecule has 0 bridgehead atoms. The Bertz CT molecular complexity index is 365. The van der Waals surface area contributed by atoms with Gasteiger partial charge in [0, 0.05) is 0 Å². The zero-order chi connectivity index (χ0) is 25.5. The molecule has 6 nitrogen and oxygen atoms in total. The topological polar surface area (TPSA) is 136 Å². The van der Waals surface area contributed by atoms with Crippen molar-refractivity contribution >= 4 is 0 Å². The first kappa shape index (κ1) is 37.7. The van der Waals surface area contributed by atoms with Gasteiger partial charge in [0.05, 0.1) is 13.1 Å². The van der Waals surface area contributed by atoms with Crippen LogP contribution in [0.2, 0.25) is 0 Å². The summed E-state index contributed by atoms with van der Waals surface area (Å²) < 4.78 is 34.5. The van der Waals surface area contributed by atoms with E-state index in [1.54, 1.807) is 0 Å². The van der Waals surface area contributed by atoms with Crippen molar-refractivity contribution in [3.63, 3.8) is 0 Å². The van der Waals surface area contributed by atoms with Crippen LogP contribution in [0.3, 0.4) is 0 Å². The van der Waals surface area contributed by atoms with Crippen molar-refractivity contribution in [1.29, 1.82) is 0 Å². The molecule has 0 aromatic carbocycles. The van der Waals surface area contributed by atoms with E-state index in [4.69, 9.17) is 14.3 Å². The van der Waals surface area contributed by atoms with E-state index in [-0.39, 0.29) is 0 Å². The van der Waals surface area contributed by atoms with E-state index in [0.29, 0.717) is 0 Å². The van der Waals surface area contributed by atoms with Gasteiger partial charge in [-0.05, 0) is 25.7 Å². The van der Waals surface area contributed by atoms with Gasteiger partial charge in [-0.1, -0.05) is 129 Å². The van der Waals surface area contributed by atoms with Crippen LogP contribution < -0.4 is 19.0 Å². The van der Waals surface area contributed by atoms with E-state index in [9.17, 15) is 0 Å². The molecule has 0 rings (SSSR count). The number of hydrogen-bond donors (Lipinski definition) is 2. The maximum atomic E-state index is 8.63. The van der Waals surface area contributed by atoms with Gasteiger partial charge in [-0.25, -0.2) is 0 Å². The second kappa shape index (κ2) is 34.3. The fourth-order valence-corrected chi connectivity index (χ4v) is 3.68. The standard InChI is InChI=1S/2C13H29N.Mo.4O/c2*1-2-3-4-5-6-7-8-9-10-11-12-13-14;;;;;/h2*2-14H2,1H3;;;;;/q;;;;;2*-1/p+2. The molecule has 0 saturated heterocycles. The predicted molar refractivity (Wildman–Crippen MR) is 130 cm³/mol. The van der Waals surface area contributed by atoms with Crippen LogP contribution in [0.15, 0.2) is 0 Å². The van der Waals surface area contributed by atoms with E-state index in [1.165, 1.54) is 141 Å². The Balaban J connectivity index is -0.000000453. The molecule has 0 aliphatic heterocycles. The molecule has 0 amide bonds. The van der Waals surface area contributed by atoms with E-state index in [1.807, 2.05) is 0 Å². The summed E-state index contributed by atoms with van der Waals surface area (Å²) in [5, 5.41) is 0. The molecule has 6 N–H and O–H groups in total. The minimum absolute atomic E-state index is 1.12. The Morgan fingerprint density at radius 2 is 0.576 bits per heavy atom. The molecule has 204 valence electrons. The summed E-state index contributed by atoms with van der Waals surface area (Å²) in [6, 6.07) is 0. The Labute approximate surface area is 210 Å². The van der Waals surface area contributed by atoms with E-state index in [0.717, 1.165) is 13.1 Å². The summed E-state index contributed by atoms with van der Waals surface area (Å²) in [5.41, 5.74) is 7.72. The SMILES string of the molecule is CCCCCCCCCCCCC[NH3+].CCCCCCCCCCCCC[NH3+].[O]=[Mo](=[O])([O-])[O-]. The molecule has 0 atom stereocenters. The van der Waals surface area contributed by atoms with Crippen molar-refractivity contribution in [2.24, 2.45) is 0 Å². The van der Waals surface area contributed by atoms with Crippen molar-refractivity contribution in [2.45, 2.75) is 155 Å². The first-order chi connectivity index (χ1) is 15.8. The molecular weight excluding hydrogens is 500 g/mol. The summed E-state index contributed by atoms with van der Waals surface area (Å²) in [6.07, 6.45) is 31.5. The molecule has 0 aromatic rings. The van der Waals surface area contributed by atoms with Crippen LogP contribution in [0.4, 0.5) is 0 Å². The second-order valence-corrected chi connectivity index (χ2v) is 11.2.